The fourth-order valence-corrected chi connectivity index (χ4v) is 2.07. The maximum atomic E-state index is 5.85. The van der Waals surface area contributed by atoms with E-state index in [1.807, 2.05) is 36.4 Å². The molecule has 1 aromatic heterocycles. The van der Waals surface area contributed by atoms with Crippen molar-refractivity contribution in [1.29, 1.82) is 0 Å². The first-order valence-electron chi connectivity index (χ1n) is 6.27. The molecule has 0 fully saturated rings. The summed E-state index contributed by atoms with van der Waals surface area (Å²) in [6.45, 7) is 0. The molecule has 1 heterocycles. The van der Waals surface area contributed by atoms with Crippen molar-refractivity contribution in [2.75, 3.05) is 0 Å². The number of hydrogen-bond donors (Lipinski definition) is 0. The summed E-state index contributed by atoms with van der Waals surface area (Å²) in [4.78, 5) is 0. The van der Waals surface area contributed by atoms with Crippen LogP contribution in [0.25, 0.3) is 11.4 Å². The van der Waals surface area contributed by atoms with Gasteiger partial charge in [-0.15, -0.1) is 20.4 Å². The largest absolute Gasteiger partial charge is 0.203 e. The standard InChI is InChI=1S/C15H10Cl2N4/c16-12-5-1-10(2-6-12)9-14-18-20-15(21-19-14)11-3-7-13(17)8-4-11/h1-8H,9H2. The van der Waals surface area contributed by atoms with Crippen LogP contribution in [0.3, 0.4) is 0 Å². The quantitative estimate of drug-likeness (QED) is 0.736. The normalized spacial score (nSPS) is 10.6. The highest BCUT2D eigenvalue weighted by Crippen LogP contribution is 2.17. The Kier molecular flexibility index (Phi) is 4.08. The Hall–Kier alpha value is -2.04. The van der Waals surface area contributed by atoms with E-state index in [1.165, 1.54) is 0 Å². The van der Waals surface area contributed by atoms with Crippen LogP contribution in [0.4, 0.5) is 0 Å². The Morgan fingerprint density at radius 1 is 0.667 bits per heavy atom. The van der Waals surface area contributed by atoms with Gasteiger partial charge in [0.2, 0.25) is 5.82 Å². The number of halogens is 2. The maximum Gasteiger partial charge on any atom is 0.203 e. The molecule has 0 aliphatic heterocycles. The number of benzene rings is 2. The Labute approximate surface area is 131 Å². The van der Waals surface area contributed by atoms with Gasteiger partial charge in [0.05, 0.1) is 0 Å². The Balaban J connectivity index is 1.77. The van der Waals surface area contributed by atoms with Crippen LogP contribution >= 0.6 is 23.2 Å². The second-order valence-corrected chi connectivity index (χ2v) is 5.32. The minimum atomic E-state index is 0.478. The van der Waals surface area contributed by atoms with E-state index in [9.17, 15) is 0 Å². The molecule has 0 saturated heterocycles. The van der Waals surface area contributed by atoms with Gasteiger partial charge in [0.15, 0.2) is 5.82 Å². The summed E-state index contributed by atoms with van der Waals surface area (Å²) in [5, 5.41) is 17.8. The lowest BCUT2D eigenvalue weighted by molar-refractivity contribution is 0.787. The molecular formula is C15H10Cl2N4. The van der Waals surface area contributed by atoms with Gasteiger partial charge < -0.3 is 0 Å². The van der Waals surface area contributed by atoms with Crippen LogP contribution in [0.5, 0.6) is 0 Å². The molecular weight excluding hydrogens is 307 g/mol. The van der Waals surface area contributed by atoms with Crippen LogP contribution in [-0.2, 0) is 6.42 Å². The summed E-state index contributed by atoms with van der Waals surface area (Å²) in [6.07, 6.45) is 0.568. The van der Waals surface area contributed by atoms with Crippen LogP contribution in [0.2, 0.25) is 10.0 Å². The summed E-state index contributed by atoms with van der Waals surface area (Å²) in [7, 11) is 0. The monoisotopic (exact) mass is 316 g/mol. The Bertz CT molecular complexity index is 725. The van der Waals surface area contributed by atoms with E-state index in [1.54, 1.807) is 12.1 Å². The fraction of sp³-hybridized carbons (Fsp3) is 0.0667. The van der Waals surface area contributed by atoms with Crippen LogP contribution in [-0.4, -0.2) is 20.4 Å². The van der Waals surface area contributed by atoms with E-state index in [4.69, 9.17) is 23.2 Å². The third-order valence-electron chi connectivity index (χ3n) is 2.90. The van der Waals surface area contributed by atoms with Crippen LogP contribution in [0, 0.1) is 0 Å². The second-order valence-electron chi connectivity index (χ2n) is 4.45. The van der Waals surface area contributed by atoms with Crippen molar-refractivity contribution in [3.05, 3.63) is 70.0 Å². The van der Waals surface area contributed by atoms with E-state index >= 15 is 0 Å². The lowest BCUT2D eigenvalue weighted by Crippen LogP contribution is -2.03. The molecule has 0 amide bonds. The van der Waals surface area contributed by atoms with Crippen LogP contribution < -0.4 is 0 Å². The third kappa shape index (κ3) is 3.54. The molecule has 2 aromatic carbocycles. The van der Waals surface area contributed by atoms with Crippen molar-refractivity contribution < 1.29 is 0 Å². The lowest BCUT2D eigenvalue weighted by atomic mass is 10.1. The fourth-order valence-electron chi connectivity index (χ4n) is 1.82. The highest BCUT2D eigenvalue weighted by atomic mass is 35.5. The number of rotatable bonds is 3. The van der Waals surface area contributed by atoms with Crippen LogP contribution in [0.1, 0.15) is 11.4 Å². The van der Waals surface area contributed by atoms with Gasteiger partial charge in [-0.05, 0) is 42.0 Å². The first-order chi connectivity index (χ1) is 10.2. The summed E-state index contributed by atoms with van der Waals surface area (Å²) in [6, 6.07) is 14.8. The Morgan fingerprint density at radius 3 is 1.76 bits per heavy atom. The highest BCUT2D eigenvalue weighted by molar-refractivity contribution is 6.30. The van der Waals surface area contributed by atoms with Gasteiger partial charge in [0.25, 0.3) is 0 Å². The minimum Gasteiger partial charge on any atom is -0.131 e. The molecule has 0 atom stereocenters. The van der Waals surface area contributed by atoms with Crippen molar-refractivity contribution in [1.82, 2.24) is 20.4 Å². The molecule has 0 radical (unpaired) electrons. The maximum absolute atomic E-state index is 5.85. The van der Waals surface area contributed by atoms with Gasteiger partial charge in [0.1, 0.15) is 0 Å². The molecule has 0 bridgehead atoms. The molecule has 0 saturated carbocycles. The van der Waals surface area contributed by atoms with E-state index < -0.39 is 0 Å². The van der Waals surface area contributed by atoms with Crippen molar-refractivity contribution >= 4 is 23.2 Å². The molecule has 0 N–H and O–H groups in total. The van der Waals surface area contributed by atoms with Crippen molar-refractivity contribution in [3.8, 4) is 11.4 Å². The SMILES string of the molecule is Clc1ccc(Cc2nnc(-c3ccc(Cl)cc3)nn2)cc1. The molecule has 0 aliphatic carbocycles. The molecule has 104 valence electrons. The first-order valence-corrected chi connectivity index (χ1v) is 7.03. The zero-order valence-electron chi connectivity index (χ0n) is 10.9. The summed E-state index contributed by atoms with van der Waals surface area (Å²) in [5.41, 5.74) is 1.89. The zero-order valence-corrected chi connectivity index (χ0v) is 12.4. The molecule has 0 aliphatic rings. The van der Waals surface area contributed by atoms with E-state index in [0.29, 0.717) is 28.1 Å². The molecule has 0 unspecified atom stereocenters. The third-order valence-corrected chi connectivity index (χ3v) is 3.40. The Morgan fingerprint density at radius 2 is 1.19 bits per heavy atom. The average molecular weight is 317 g/mol. The number of hydrogen-bond acceptors (Lipinski definition) is 4. The van der Waals surface area contributed by atoms with E-state index in [-0.39, 0.29) is 0 Å². The lowest BCUT2D eigenvalue weighted by Gasteiger charge is -2.01. The predicted molar refractivity (Wildman–Crippen MR) is 82.3 cm³/mol. The molecule has 3 rings (SSSR count). The van der Waals surface area contributed by atoms with Gasteiger partial charge in [-0.1, -0.05) is 35.3 Å². The summed E-state index contributed by atoms with van der Waals surface area (Å²) >= 11 is 11.7. The van der Waals surface area contributed by atoms with Crippen molar-refractivity contribution in [2.24, 2.45) is 0 Å². The smallest absolute Gasteiger partial charge is 0.131 e. The van der Waals surface area contributed by atoms with Gasteiger partial charge in [-0.2, -0.15) is 0 Å². The van der Waals surface area contributed by atoms with Crippen LogP contribution in [0.15, 0.2) is 48.5 Å². The summed E-state index contributed by atoms with van der Waals surface area (Å²) in [5.74, 6) is 1.04. The minimum absolute atomic E-state index is 0.478. The van der Waals surface area contributed by atoms with Gasteiger partial charge >= 0.3 is 0 Å². The topological polar surface area (TPSA) is 51.6 Å². The van der Waals surface area contributed by atoms with E-state index in [2.05, 4.69) is 20.4 Å². The van der Waals surface area contributed by atoms with Gasteiger partial charge in [-0.25, -0.2) is 0 Å². The molecule has 3 aromatic rings. The summed E-state index contributed by atoms with van der Waals surface area (Å²) < 4.78 is 0. The second kappa shape index (κ2) is 6.16. The number of nitrogens with zero attached hydrogens (tertiary/aromatic N) is 4. The molecule has 4 nitrogen and oxygen atoms in total. The molecule has 6 heteroatoms. The predicted octanol–water partition coefficient (Wildman–Crippen LogP) is 3.83. The average Bonchev–Trinajstić information content (AvgIpc) is 2.51. The van der Waals surface area contributed by atoms with Gasteiger partial charge in [-0.3, -0.25) is 0 Å². The van der Waals surface area contributed by atoms with E-state index in [0.717, 1.165) is 11.1 Å². The molecule has 0 spiro atoms. The zero-order chi connectivity index (χ0) is 14.7. The first kappa shape index (κ1) is 13.9. The van der Waals surface area contributed by atoms with Crippen molar-refractivity contribution in [3.63, 3.8) is 0 Å². The number of aromatic nitrogens is 4. The highest BCUT2D eigenvalue weighted by Gasteiger charge is 2.05. The molecule has 21 heavy (non-hydrogen) atoms. The van der Waals surface area contributed by atoms with Gasteiger partial charge in [0, 0.05) is 22.0 Å². The van der Waals surface area contributed by atoms with Crippen molar-refractivity contribution in [2.45, 2.75) is 6.42 Å².